The first kappa shape index (κ1) is 13.5. The van der Waals surface area contributed by atoms with E-state index in [1.807, 2.05) is 6.92 Å². The normalized spacial score (nSPS) is 26.7. The van der Waals surface area contributed by atoms with Crippen LogP contribution >= 0.6 is 0 Å². The van der Waals surface area contributed by atoms with Crippen LogP contribution in [0.4, 0.5) is 0 Å². The van der Waals surface area contributed by atoms with Crippen LogP contribution in [-0.2, 0) is 4.79 Å². The maximum atomic E-state index is 11.4. The van der Waals surface area contributed by atoms with E-state index in [4.69, 9.17) is 5.73 Å². The summed E-state index contributed by atoms with van der Waals surface area (Å²) in [7, 11) is 0. The van der Waals surface area contributed by atoms with Crippen LogP contribution in [-0.4, -0.2) is 29.7 Å². The van der Waals surface area contributed by atoms with Crippen molar-refractivity contribution in [3.8, 4) is 0 Å². The van der Waals surface area contributed by atoms with Crippen LogP contribution < -0.4 is 11.1 Å². The summed E-state index contributed by atoms with van der Waals surface area (Å²) in [6.07, 6.45) is 4.91. The maximum Gasteiger partial charge on any atom is 0.220 e. The van der Waals surface area contributed by atoms with E-state index in [9.17, 15) is 9.90 Å². The average Bonchev–Trinajstić information content (AvgIpc) is 2.61. The SMILES string of the molecule is CC(N)CCCC(=O)NCC1CCC(O)C1. The Hall–Kier alpha value is -0.610. The van der Waals surface area contributed by atoms with Crippen molar-refractivity contribution in [2.24, 2.45) is 11.7 Å². The van der Waals surface area contributed by atoms with Gasteiger partial charge >= 0.3 is 0 Å². The zero-order valence-corrected chi connectivity index (χ0v) is 10.1. The number of amides is 1. The Labute approximate surface area is 97.6 Å². The molecule has 4 N–H and O–H groups in total. The molecule has 1 rings (SSSR count). The van der Waals surface area contributed by atoms with Crippen LogP contribution in [0.3, 0.4) is 0 Å². The first-order valence-electron chi connectivity index (χ1n) is 6.28. The molecule has 0 heterocycles. The summed E-state index contributed by atoms with van der Waals surface area (Å²) >= 11 is 0. The van der Waals surface area contributed by atoms with Crippen LogP contribution in [0.25, 0.3) is 0 Å². The highest BCUT2D eigenvalue weighted by atomic mass is 16.3. The van der Waals surface area contributed by atoms with Gasteiger partial charge in [0.1, 0.15) is 0 Å². The number of hydrogen-bond acceptors (Lipinski definition) is 3. The monoisotopic (exact) mass is 228 g/mol. The molecule has 1 fully saturated rings. The first-order valence-corrected chi connectivity index (χ1v) is 6.28. The lowest BCUT2D eigenvalue weighted by molar-refractivity contribution is -0.121. The molecule has 0 spiro atoms. The molecule has 0 aliphatic heterocycles. The Balaban J connectivity index is 2.02. The average molecular weight is 228 g/mol. The van der Waals surface area contributed by atoms with E-state index in [2.05, 4.69) is 5.32 Å². The van der Waals surface area contributed by atoms with Crippen LogP contribution in [0.1, 0.15) is 45.4 Å². The third-order valence-electron chi connectivity index (χ3n) is 3.16. The summed E-state index contributed by atoms with van der Waals surface area (Å²) in [5.41, 5.74) is 5.61. The third kappa shape index (κ3) is 5.47. The van der Waals surface area contributed by atoms with Crippen molar-refractivity contribution < 1.29 is 9.90 Å². The Morgan fingerprint density at radius 3 is 2.88 bits per heavy atom. The molecule has 0 aromatic carbocycles. The zero-order valence-electron chi connectivity index (χ0n) is 10.1. The second-order valence-corrected chi connectivity index (χ2v) is 5.01. The molecule has 1 saturated carbocycles. The highest BCUT2D eigenvalue weighted by Gasteiger charge is 2.22. The number of carbonyl (C=O) groups excluding carboxylic acids is 1. The van der Waals surface area contributed by atoms with Gasteiger partial charge in [-0.1, -0.05) is 0 Å². The third-order valence-corrected chi connectivity index (χ3v) is 3.16. The lowest BCUT2D eigenvalue weighted by atomic mass is 10.1. The van der Waals surface area contributed by atoms with Crippen molar-refractivity contribution in [3.05, 3.63) is 0 Å². The highest BCUT2D eigenvalue weighted by molar-refractivity contribution is 5.75. The quantitative estimate of drug-likeness (QED) is 0.629. The molecule has 4 heteroatoms. The van der Waals surface area contributed by atoms with Crippen molar-refractivity contribution in [2.45, 2.75) is 57.6 Å². The van der Waals surface area contributed by atoms with Gasteiger partial charge in [0.2, 0.25) is 5.91 Å². The van der Waals surface area contributed by atoms with E-state index in [0.29, 0.717) is 18.9 Å². The summed E-state index contributed by atoms with van der Waals surface area (Å²) < 4.78 is 0. The Morgan fingerprint density at radius 1 is 1.56 bits per heavy atom. The zero-order chi connectivity index (χ0) is 12.0. The molecule has 0 aromatic heterocycles. The fraction of sp³-hybridized carbons (Fsp3) is 0.917. The van der Waals surface area contributed by atoms with Gasteiger partial charge in [-0.15, -0.1) is 0 Å². The van der Waals surface area contributed by atoms with E-state index >= 15 is 0 Å². The topological polar surface area (TPSA) is 75.4 Å². The Kier molecular flexibility index (Phi) is 5.77. The summed E-state index contributed by atoms with van der Waals surface area (Å²) in [6, 6.07) is 0.178. The number of carbonyl (C=O) groups is 1. The van der Waals surface area contributed by atoms with Crippen molar-refractivity contribution in [3.63, 3.8) is 0 Å². The van der Waals surface area contributed by atoms with Crippen LogP contribution in [0.5, 0.6) is 0 Å². The van der Waals surface area contributed by atoms with E-state index in [0.717, 1.165) is 32.1 Å². The van der Waals surface area contributed by atoms with E-state index in [1.165, 1.54) is 0 Å². The van der Waals surface area contributed by atoms with Crippen LogP contribution in [0.2, 0.25) is 0 Å². The van der Waals surface area contributed by atoms with Gasteiger partial charge < -0.3 is 16.2 Å². The number of rotatable bonds is 6. The maximum absolute atomic E-state index is 11.4. The Bertz CT molecular complexity index is 219. The summed E-state index contributed by atoms with van der Waals surface area (Å²) in [5.74, 6) is 0.578. The van der Waals surface area contributed by atoms with Gasteiger partial charge in [-0.3, -0.25) is 4.79 Å². The van der Waals surface area contributed by atoms with Gasteiger partial charge in [-0.25, -0.2) is 0 Å². The molecule has 1 aliphatic rings. The van der Waals surface area contributed by atoms with Gasteiger partial charge in [0.25, 0.3) is 0 Å². The van der Waals surface area contributed by atoms with Gasteiger partial charge in [0, 0.05) is 19.0 Å². The number of aliphatic hydroxyl groups excluding tert-OH is 1. The standard InChI is InChI=1S/C12H24N2O2/c1-9(13)3-2-4-12(16)14-8-10-5-6-11(15)7-10/h9-11,15H,2-8,13H2,1H3,(H,14,16). The lowest BCUT2D eigenvalue weighted by Crippen LogP contribution is -2.28. The minimum absolute atomic E-state index is 0.113. The molecule has 16 heavy (non-hydrogen) atoms. The minimum Gasteiger partial charge on any atom is -0.393 e. The van der Waals surface area contributed by atoms with Gasteiger partial charge in [-0.2, -0.15) is 0 Å². The Morgan fingerprint density at radius 2 is 2.31 bits per heavy atom. The first-order chi connectivity index (χ1) is 7.58. The fourth-order valence-corrected chi connectivity index (χ4v) is 2.17. The molecule has 0 saturated heterocycles. The summed E-state index contributed by atoms with van der Waals surface area (Å²) in [6.45, 7) is 2.67. The van der Waals surface area contributed by atoms with Crippen molar-refractivity contribution in [1.29, 1.82) is 0 Å². The van der Waals surface area contributed by atoms with Gasteiger partial charge in [-0.05, 0) is 44.9 Å². The van der Waals surface area contributed by atoms with E-state index in [-0.39, 0.29) is 18.1 Å². The van der Waals surface area contributed by atoms with Crippen LogP contribution in [0.15, 0.2) is 0 Å². The number of hydrogen-bond donors (Lipinski definition) is 3. The molecule has 3 atom stereocenters. The summed E-state index contributed by atoms with van der Waals surface area (Å²) in [4.78, 5) is 11.4. The second-order valence-electron chi connectivity index (χ2n) is 5.01. The van der Waals surface area contributed by atoms with Crippen LogP contribution in [0, 0.1) is 5.92 Å². The van der Waals surface area contributed by atoms with Gasteiger partial charge in [0.15, 0.2) is 0 Å². The molecular weight excluding hydrogens is 204 g/mol. The van der Waals surface area contributed by atoms with Crippen molar-refractivity contribution in [2.75, 3.05) is 6.54 Å². The molecule has 0 radical (unpaired) electrons. The number of nitrogens with two attached hydrogens (primary N) is 1. The van der Waals surface area contributed by atoms with E-state index < -0.39 is 0 Å². The summed E-state index contributed by atoms with van der Waals surface area (Å²) in [5, 5.41) is 12.3. The second kappa shape index (κ2) is 6.86. The predicted molar refractivity (Wildman–Crippen MR) is 63.9 cm³/mol. The smallest absolute Gasteiger partial charge is 0.220 e. The molecule has 0 aromatic rings. The number of nitrogens with one attached hydrogen (secondary N) is 1. The molecule has 94 valence electrons. The molecule has 1 amide bonds. The van der Waals surface area contributed by atoms with E-state index in [1.54, 1.807) is 0 Å². The predicted octanol–water partition coefficient (Wildman–Crippen LogP) is 0.781. The fourth-order valence-electron chi connectivity index (χ4n) is 2.17. The van der Waals surface area contributed by atoms with Crippen molar-refractivity contribution >= 4 is 5.91 Å². The highest BCUT2D eigenvalue weighted by Crippen LogP contribution is 2.24. The molecule has 3 unspecified atom stereocenters. The van der Waals surface area contributed by atoms with Crippen molar-refractivity contribution in [1.82, 2.24) is 5.32 Å². The largest absolute Gasteiger partial charge is 0.393 e. The lowest BCUT2D eigenvalue weighted by Gasteiger charge is -2.11. The molecule has 1 aliphatic carbocycles. The van der Waals surface area contributed by atoms with Gasteiger partial charge in [0.05, 0.1) is 6.10 Å². The molecular formula is C12H24N2O2. The molecule has 4 nitrogen and oxygen atoms in total. The number of aliphatic hydroxyl groups is 1. The minimum atomic E-state index is -0.153. The molecule has 0 bridgehead atoms.